The van der Waals surface area contributed by atoms with Crippen LogP contribution in [0.3, 0.4) is 0 Å². The van der Waals surface area contributed by atoms with Crippen LogP contribution in [0.1, 0.15) is 19.8 Å². The van der Waals surface area contributed by atoms with Crippen LogP contribution in [0.15, 0.2) is 0 Å². The van der Waals surface area contributed by atoms with Crippen LogP contribution in [-0.4, -0.2) is 44.4 Å². The topological polar surface area (TPSA) is 73.6 Å². The molecule has 0 aliphatic heterocycles. The molecule has 0 saturated heterocycles. The van der Waals surface area contributed by atoms with Crippen molar-refractivity contribution < 1.29 is 14.3 Å². The minimum absolute atomic E-state index is 0.113. The Bertz CT molecular complexity index is 237. The van der Waals surface area contributed by atoms with Crippen molar-refractivity contribution in [2.45, 2.75) is 19.8 Å². The lowest BCUT2D eigenvalue weighted by Crippen LogP contribution is -2.36. The molecule has 0 bridgehead atoms. The first-order valence-electron chi connectivity index (χ1n) is 5.73. The van der Waals surface area contributed by atoms with Gasteiger partial charge in [0.15, 0.2) is 0 Å². The lowest BCUT2D eigenvalue weighted by molar-refractivity contribution is -0.122. The van der Waals surface area contributed by atoms with Crippen LogP contribution in [0.2, 0.25) is 0 Å². The van der Waals surface area contributed by atoms with Gasteiger partial charge in [0.2, 0.25) is 5.91 Å². The standard InChI is InChI=1S/C11H22N2O3S/c1-9(10(12)17)11(14)13-5-3-4-6-16-8-7-15-2/h9H,3-8H2,1-2H3,(H2,12,17)(H,13,14). The fourth-order valence-corrected chi connectivity index (χ4v) is 1.17. The summed E-state index contributed by atoms with van der Waals surface area (Å²) in [4.78, 5) is 11.7. The Morgan fingerprint density at radius 1 is 1.35 bits per heavy atom. The van der Waals surface area contributed by atoms with E-state index in [9.17, 15) is 4.79 Å². The first-order chi connectivity index (χ1) is 8.09. The van der Waals surface area contributed by atoms with E-state index in [2.05, 4.69) is 5.32 Å². The Morgan fingerprint density at radius 2 is 2.06 bits per heavy atom. The number of rotatable bonds is 10. The third-order valence-electron chi connectivity index (χ3n) is 2.27. The van der Waals surface area contributed by atoms with E-state index in [0.717, 1.165) is 12.8 Å². The van der Waals surface area contributed by atoms with Crippen LogP contribution < -0.4 is 11.1 Å². The molecule has 1 atom stereocenters. The normalized spacial score (nSPS) is 12.1. The number of methoxy groups -OCH3 is 1. The summed E-state index contributed by atoms with van der Waals surface area (Å²) in [7, 11) is 1.64. The highest BCUT2D eigenvalue weighted by Gasteiger charge is 2.14. The van der Waals surface area contributed by atoms with Crippen molar-refractivity contribution in [1.29, 1.82) is 0 Å². The second-order valence-corrected chi connectivity index (χ2v) is 4.20. The van der Waals surface area contributed by atoms with Crippen molar-refractivity contribution in [3.8, 4) is 0 Å². The Labute approximate surface area is 108 Å². The number of hydrogen-bond acceptors (Lipinski definition) is 4. The Balaban J connectivity index is 3.34. The summed E-state index contributed by atoms with van der Waals surface area (Å²) in [5.74, 6) is -0.513. The third-order valence-corrected chi connectivity index (χ3v) is 2.62. The predicted octanol–water partition coefficient (Wildman–Crippen LogP) is 0.468. The molecule has 0 saturated carbocycles. The van der Waals surface area contributed by atoms with Gasteiger partial charge in [0.25, 0.3) is 0 Å². The van der Waals surface area contributed by atoms with Crippen molar-refractivity contribution in [2.75, 3.05) is 33.5 Å². The van der Waals surface area contributed by atoms with Gasteiger partial charge in [-0.15, -0.1) is 0 Å². The van der Waals surface area contributed by atoms with E-state index in [1.165, 1.54) is 0 Å². The molecule has 0 aromatic rings. The molecule has 0 radical (unpaired) electrons. The van der Waals surface area contributed by atoms with Crippen molar-refractivity contribution in [2.24, 2.45) is 11.7 Å². The van der Waals surface area contributed by atoms with Crippen molar-refractivity contribution >= 4 is 23.1 Å². The number of unbranched alkanes of at least 4 members (excludes halogenated alkanes) is 1. The quantitative estimate of drug-likeness (QED) is 0.442. The van der Waals surface area contributed by atoms with Gasteiger partial charge in [-0.25, -0.2) is 0 Å². The van der Waals surface area contributed by atoms with Crippen molar-refractivity contribution in [3.05, 3.63) is 0 Å². The summed E-state index contributed by atoms with van der Waals surface area (Å²) in [6.45, 7) is 4.23. The van der Waals surface area contributed by atoms with Crippen LogP contribution in [0, 0.1) is 5.92 Å². The zero-order chi connectivity index (χ0) is 13.1. The highest BCUT2D eigenvalue weighted by molar-refractivity contribution is 7.80. The van der Waals surface area contributed by atoms with Crippen LogP contribution in [0.5, 0.6) is 0 Å². The number of hydrogen-bond donors (Lipinski definition) is 2. The van der Waals surface area contributed by atoms with Gasteiger partial charge >= 0.3 is 0 Å². The molecule has 3 N–H and O–H groups in total. The largest absolute Gasteiger partial charge is 0.393 e. The van der Waals surface area contributed by atoms with Gasteiger partial charge in [0.05, 0.1) is 24.1 Å². The van der Waals surface area contributed by atoms with Crippen molar-refractivity contribution in [1.82, 2.24) is 5.32 Å². The van der Waals surface area contributed by atoms with E-state index in [0.29, 0.717) is 26.4 Å². The maximum atomic E-state index is 11.4. The summed E-state index contributed by atoms with van der Waals surface area (Å²) >= 11 is 4.74. The SMILES string of the molecule is COCCOCCCCNC(=O)C(C)C(N)=S. The number of carbonyl (C=O) groups is 1. The molecule has 0 rings (SSSR count). The molecular weight excluding hydrogens is 240 g/mol. The first kappa shape index (κ1) is 16.3. The van der Waals surface area contributed by atoms with Crippen LogP contribution in [0.25, 0.3) is 0 Å². The predicted molar refractivity (Wildman–Crippen MR) is 70.9 cm³/mol. The molecule has 1 amide bonds. The van der Waals surface area contributed by atoms with E-state index >= 15 is 0 Å². The average molecular weight is 262 g/mol. The second kappa shape index (κ2) is 10.4. The van der Waals surface area contributed by atoms with E-state index in [4.69, 9.17) is 27.4 Å². The van der Waals surface area contributed by atoms with Gasteiger partial charge < -0.3 is 20.5 Å². The maximum Gasteiger partial charge on any atom is 0.229 e. The summed E-state index contributed by atoms with van der Waals surface area (Å²) in [6.07, 6.45) is 1.79. The lowest BCUT2D eigenvalue weighted by Gasteiger charge is -2.10. The Hall–Kier alpha value is -0.720. The molecule has 1 unspecified atom stereocenters. The molecule has 0 fully saturated rings. The highest BCUT2D eigenvalue weighted by Crippen LogP contribution is 1.95. The van der Waals surface area contributed by atoms with E-state index in [1.54, 1.807) is 14.0 Å². The molecule has 0 aromatic heterocycles. The average Bonchev–Trinajstić information content (AvgIpc) is 2.31. The smallest absolute Gasteiger partial charge is 0.229 e. The number of nitrogens with one attached hydrogen (secondary N) is 1. The Morgan fingerprint density at radius 3 is 2.65 bits per heavy atom. The maximum absolute atomic E-state index is 11.4. The number of ether oxygens (including phenoxy) is 2. The molecule has 0 aliphatic rings. The highest BCUT2D eigenvalue weighted by atomic mass is 32.1. The number of nitrogens with two attached hydrogens (primary N) is 1. The number of thiocarbonyl (C=S) groups is 1. The first-order valence-corrected chi connectivity index (χ1v) is 6.14. The van der Waals surface area contributed by atoms with Gasteiger partial charge in [0.1, 0.15) is 0 Å². The lowest BCUT2D eigenvalue weighted by atomic mass is 10.1. The monoisotopic (exact) mass is 262 g/mol. The minimum Gasteiger partial charge on any atom is -0.393 e. The molecule has 0 aliphatic carbocycles. The molecule has 0 heterocycles. The Kier molecular flexibility index (Phi) is 9.99. The fraction of sp³-hybridized carbons (Fsp3) is 0.818. The summed E-state index contributed by atoms with van der Waals surface area (Å²) < 4.78 is 10.1. The summed E-state index contributed by atoms with van der Waals surface area (Å²) in [5, 5.41) is 2.78. The van der Waals surface area contributed by atoms with Gasteiger partial charge in [-0.3, -0.25) is 4.79 Å². The van der Waals surface area contributed by atoms with E-state index < -0.39 is 5.92 Å². The molecule has 100 valence electrons. The van der Waals surface area contributed by atoms with Crippen LogP contribution in [0.4, 0.5) is 0 Å². The summed E-state index contributed by atoms with van der Waals surface area (Å²) in [5.41, 5.74) is 5.37. The fourth-order valence-electron chi connectivity index (χ4n) is 1.07. The molecule has 0 aromatic carbocycles. The van der Waals surface area contributed by atoms with Gasteiger partial charge in [-0.1, -0.05) is 12.2 Å². The molecule has 17 heavy (non-hydrogen) atoms. The third kappa shape index (κ3) is 9.02. The van der Waals surface area contributed by atoms with Crippen LogP contribution in [-0.2, 0) is 14.3 Å². The molecule has 5 nitrogen and oxygen atoms in total. The van der Waals surface area contributed by atoms with Crippen molar-refractivity contribution in [3.63, 3.8) is 0 Å². The van der Waals surface area contributed by atoms with Crippen LogP contribution >= 0.6 is 12.2 Å². The zero-order valence-electron chi connectivity index (χ0n) is 10.5. The molecule has 0 spiro atoms. The minimum atomic E-state index is -0.400. The summed E-state index contributed by atoms with van der Waals surface area (Å²) in [6, 6.07) is 0. The van der Waals surface area contributed by atoms with Gasteiger partial charge in [-0.05, 0) is 19.8 Å². The van der Waals surface area contributed by atoms with E-state index in [-0.39, 0.29) is 10.9 Å². The zero-order valence-corrected chi connectivity index (χ0v) is 11.3. The van der Waals surface area contributed by atoms with Gasteiger partial charge in [-0.2, -0.15) is 0 Å². The number of carbonyl (C=O) groups excluding carboxylic acids is 1. The molecular formula is C11H22N2O3S. The molecule has 6 heteroatoms. The van der Waals surface area contributed by atoms with Gasteiger partial charge in [0, 0.05) is 20.3 Å². The number of amides is 1. The second-order valence-electron chi connectivity index (χ2n) is 3.73. The van der Waals surface area contributed by atoms with E-state index in [1.807, 2.05) is 0 Å².